The summed E-state index contributed by atoms with van der Waals surface area (Å²) in [5.41, 5.74) is 0. The molecule has 0 saturated carbocycles. The van der Waals surface area contributed by atoms with E-state index < -0.39 is 0 Å². The zero-order chi connectivity index (χ0) is 7.94. The Kier molecular flexibility index (Phi) is 4.08. The van der Waals surface area contributed by atoms with Crippen LogP contribution in [-0.4, -0.2) is 12.7 Å². The highest BCUT2D eigenvalue weighted by atomic mass is 16.6. The number of rotatable bonds is 4. The van der Waals surface area contributed by atoms with Gasteiger partial charge in [0.1, 0.15) is 6.10 Å². The van der Waals surface area contributed by atoms with Crippen molar-refractivity contribution >= 4 is 0 Å². The maximum Gasteiger partial charge on any atom is 0.141 e. The molecule has 1 heterocycles. The smallest absolute Gasteiger partial charge is 0.141 e. The van der Waals surface area contributed by atoms with Crippen LogP contribution in [0.25, 0.3) is 0 Å². The topological polar surface area (TPSA) is 12.5 Å². The summed E-state index contributed by atoms with van der Waals surface area (Å²) in [6.07, 6.45) is 6.59. The number of hydrogen-bond acceptors (Lipinski definition) is 1. The standard InChI is InChI=1S/C10H16O/c1-2-3-4-5-6-7-8-10-9-11-10/h10H,2-6,9H2,1H3. The lowest BCUT2D eigenvalue weighted by Crippen LogP contribution is -1.77. The summed E-state index contributed by atoms with van der Waals surface area (Å²) in [5, 5.41) is 0. The zero-order valence-electron chi connectivity index (χ0n) is 7.23. The number of unbranched alkanes of at least 4 members (excludes halogenated alkanes) is 4. The van der Waals surface area contributed by atoms with E-state index in [1.807, 2.05) is 0 Å². The van der Waals surface area contributed by atoms with Gasteiger partial charge in [-0.25, -0.2) is 0 Å². The van der Waals surface area contributed by atoms with Gasteiger partial charge in [0.25, 0.3) is 0 Å². The van der Waals surface area contributed by atoms with Crippen molar-refractivity contribution in [3.8, 4) is 11.8 Å². The van der Waals surface area contributed by atoms with E-state index in [2.05, 4.69) is 18.8 Å². The van der Waals surface area contributed by atoms with Crippen LogP contribution in [0.3, 0.4) is 0 Å². The zero-order valence-corrected chi connectivity index (χ0v) is 7.23. The first-order valence-electron chi connectivity index (χ1n) is 4.53. The average Bonchev–Trinajstić information content (AvgIpc) is 2.80. The largest absolute Gasteiger partial charge is 0.359 e. The second-order valence-electron chi connectivity index (χ2n) is 2.95. The van der Waals surface area contributed by atoms with E-state index in [-0.39, 0.29) is 0 Å². The fourth-order valence-electron chi connectivity index (χ4n) is 0.958. The Morgan fingerprint density at radius 2 is 2.18 bits per heavy atom. The fraction of sp³-hybridized carbons (Fsp3) is 0.800. The molecule has 1 heteroatoms. The molecule has 1 nitrogen and oxygen atoms in total. The van der Waals surface area contributed by atoms with Gasteiger partial charge in [-0.1, -0.05) is 32.1 Å². The van der Waals surface area contributed by atoms with Crippen LogP contribution in [0.15, 0.2) is 0 Å². The minimum Gasteiger partial charge on any atom is -0.359 e. The maximum absolute atomic E-state index is 4.96. The molecule has 0 bridgehead atoms. The molecule has 1 saturated heterocycles. The molecule has 0 N–H and O–H groups in total. The minimum atomic E-state index is 0.293. The van der Waals surface area contributed by atoms with Gasteiger partial charge in [0.05, 0.1) is 6.61 Å². The molecule has 0 aliphatic carbocycles. The lowest BCUT2D eigenvalue weighted by atomic mass is 10.1. The molecule has 0 aromatic heterocycles. The van der Waals surface area contributed by atoms with Crippen LogP contribution in [0.1, 0.15) is 39.0 Å². The van der Waals surface area contributed by atoms with Crippen LogP contribution in [0.2, 0.25) is 0 Å². The van der Waals surface area contributed by atoms with E-state index in [1.54, 1.807) is 0 Å². The van der Waals surface area contributed by atoms with Crippen LogP contribution in [-0.2, 0) is 4.74 Å². The highest BCUT2D eigenvalue weighted by molar-refractivity contribution is 5.09. The lowest BCUT2D eigenvalue weighted by Gasteiger charge is -1.91. The van der Waals surface area contributed by atoms with Gasteiger partial charge in [-0.3, -0.25) is 0 Å². The van der Waals surface area contributed by atoms with Gasteiger partial charge in [-0.2, -0.15) is 0 Å². The highest BCUT2D eigenvalue weighted by Crippen LogP contribution is 2.06. The summed E-state index contributed by atoms with van der Waals surface area (Å²) in [5.74, 6) is 6.19. The van der Waals surface area contributed by atoms with Crippen LogP contribution in [0.4, 0.5) is 0 Å². The molecule has 1 aliphatic heterocycles. The predicted octanol–water partition coefficient (Wildman–Crippen LogP) is 2.36. The lowest BCUT2D eigenvalue weighted by molar-refractivity contribution is 0.445. The van der Waals surface area contributed by atoms with E-state index >= 15 is 0 Å². The first-order valence-corrected chi connectivity index (χ1v) is 4.53. The van der Waals surface area contributed by atoms with Gasteiger partial charge < -0.3 is 4.74 Å². The van der Waals surface area contributed by atoms with Gasteiger partial charge in [-0.05, 0) is 6.42 Å². The van der Waals surface area contributed by atoms with Gasteiger partial charge in [0.2, 0.25) is 0 Å². The summed E-state index contributed by atoms with van der Waals surface area (Å²) in [7, 11) is 0. The molecule has 0 spiro atoms. The quantitative estimate of drug-likeness (QED) is 0.342. The summed E-state index contributed by atoms with van der Waals surface area (Å²) in [6.45, 7) is 3.09. The summed E-state index contributed by atoms with van der Waals surface area (Å²) < 4.78 is 4.96. The van der Waals surface area contributed by atoms with Crippen LogP contribution in [0.5, 0.6) is 0 Å². The van der Waals surface area contributed by atoms with E-state index in [9.17, 15) is 0 Å². The normalized spacial score (nSPS) is 20.6. The van der Waals surface area contributed by atoms with Crippen molar-refractivity contribution in [3.63, 3.8) is 0 Å². The van der Waals surface area contributed by atoms with E-state index in [1.165, 1.54) is 25.7 Å². The number of ether oxygens (including phenoxy) is 1. The third-order valence-corrected chi connectivity index (χ3v) is 1.75. The monoisotopic (exact) mass is 152 g/mol. The van der Waals surface area contributed by atoms with E-state index in [0.717, 1.165) is 13.0 Å². The Labute approximate surface area is 69.1 Å². The Morgan fingerprint density at radius 3 is 2.82 bits per heavy atom. The van der Waals surface area contributed by atoms with E-state index in [0.29, 0.717) is 6.10 Å². The molecule has 0 aromatic rings. The Hall–Kier alpha value is -0.480. The van der Waals surface area contributed by atoms with Crippen molar-refractivity contribution in [1.29, 1.82) is 0 Å². The minimum absolute atomic E-state index is 0.293. The molecule has 11 heavy (non-hydrogen) atoms. The van der Waals surface area contributed by atoms with Crippen molar-refractivity contribution in [2.75, 3.05) is 6.61 Å². The maximum atomic E-state index is 4.96. The third-order valence-electron chi connectivity index (χ3n) is 1.75. The Morgan fingerprint density at radius 1 is 1.36 bits per heavy atom. The molecule has 1 unspecified atom stereocenters. The SMILES string of the molecule is CCCCCCC#CC1CO1. The molecule has 1 rings (SSSR count). The highest BCUT2D eigenvalue weighted by Gasteiger charge is 2.18. The molecular weight excluding hydrogens is 136 g/mol. The van der Waals surface area contributed by atoms with Gasteiger partial charge in [-0.15, -0.1) is 5.92 Å². The van der Waals surface area contributed by atoms with Crippen molar-refractivity contribution in [1.82, 2.24) is 0 Å². The van der Waals surface area contributed by atoms with Gasteiger partial charge >= 0.3 is 0 Å². The average molecular weight is 152 g/mol. The van der Waals surface area contributed by atoms with Crippen molar-refractivity contribution in [2.45, 2.75) is 45.1 Å². The van der Waals surface area contributed by atoms with E-state index in [4.69, 9.17) is 4.74 Å². The van der Waals surface area contributed by atoms with Gasteiger partial charge in [0, 0.05) is 6.42 Å². The molecule has 0 amide bonds. The van der Waals surface area contributed by atoms with Crippen LogP contribution in [0, 0.1) is 11.8 Å². The first kappa shape index (κ1) is 8.62. The number of epoxide rings is 1. The van der Waals surface area contributed by atoms with Crippen molar-refractivity contribution in [3.05, 3.63) is 0 Å². The molecule has 62 valence electrons. The Bertz CT molecular complexity index is 148. The van der Waals surface area contributed by atoms with Crippen molar-refractivity contribution < 1.29 is 4.74 Å². The molecule has 0 aromatic carbocycles. The van der Waals surface area contributed by atoms with Gasteiger partial charge in [0.15, 0.2) is 0 Å². The summed E-state index contributed by atoms with van der Waals surface area (Å²) in [4.78, 5) is 0. The summed E-state index contributed by atoms with van der Waals surface area (Å²) in [6, 6.07) is 0. The number of hydrogen-bond donors (Lipinski definition) is 0. The second-order valence-corrected chi connectivity index (χ2v) is 2.95. The Balaban J connectivity index is 1.84. The molecule has 1 atom stereocenters. The predicted molar refractivity (Wildman–Crippen MR) is 46.3 cm³/mol. The van der Waals surface area contributed by atoms with Crippen molar-refractivity contribution in [2.24, 2.45) is 0 Å². The molecule has 1 fully saturated rings. The molecular formula is C10H16O. The fourth-order valence-corrected chi connectivity index (χ4v) is 0.958. The molecule has 1 aliphatic rings. The second kappa shape index (κ2) is 5.21. The molecule has 0 radical (unpaired) electrons. The summed E-state index contributed by atoms with van der Waals surface area (Å²) >= 11 is 0. The van der Waals surface area contributed by atoms with Crippen LogP contribution >= 0.6 is 0 Å². The first-order chi connectivity index (χ1) is 5.43. The van der Waals surface area contributed by atoms with Crippen LogP contribution < -0.4 is 0 Å². The third kappa shape index (κ3) is 4.86.